The topological polar surface area (TPSA) is 63.4 Å². The molecule has 0 spiro atoms. The quantitative estimate of drug-likeness (QED) is 0.891. The summed E-state index contributed by atoms with van der Waals surface area (Å²) >= 11 is 0. The summed E-state index contributed by atoms with van der Waals surface area (Å²) in [5, 5.41) is 0. The summed E-state index contributed by atoms with van der Waals surface area (Å²) in [6.45, 7) is 2.64. The van der Waals surface area contributed by atoms with Crippen LogP contribution in [0, 0.1) is 0 Å². The molecule has 1 saturated heterocycles. The summed E-state index contributed by atoms with van der Waals surface area (Å²) in [7, 11) is -0.867. The maximum atomic E-state index is 11.7. The highest BCUT2D eigenvalue weighted by Crippen LogP contribution is 2.28. The van der Waals surface area contributed by atoms with E-state index in [2.05, 4.69) is 24.0 Å². The highest BCUT2D eigenvalue weighted by molar-refractivity contribution is 7.91. The van der Waals surface area contributed by atoms with E-state index in [4.69, 9.17) is 5.73 Å². The molecule has 2 unspecified atom stereocenters. The van der Waals surface area contributed by atoms with Gasteiger partial charge < -0.3 is 5.73 Å². The normalized spacial score (nSPS) is 23.1. The van der Waals surface area contributed by atoms with E-state index >= 15 is 0 Å². The molecule has 20 heavy (non-hydrogen) atoms. The smallest absolute Gasteiger partial charge is 0.151 e. The number of nitrogens with two attached hydrogens (primary N) is 1. The minimum Gasteiger partial charge on any atom is -0.329 e. The third kappa shape index (κ3) is 3.22. The first-order valence-electron chi connectivity index (χ1n) is 7.18. The highest BCUT2D eigenvalue weighted by Gasteiger charge is 2.33. The molecule has 2 rings (SSSR count). The van der Waals surface area contributed by atoms with Gasteiger partial charge in [-0.3, -0.25) is 4.90 Å². The monoisotopic (exact) mass is 296 g/mol. The second kappa shape index (κ2) is 6.24. The van der Waals surface area contributed by atoms with E-state index in [1.807, 2.05) is 19.2 Å². The summed E-state index contributed by atoms with van der Waals surface area (Å²) in [6, 6.07) is 8.46. The maximum Gasteiger partial charge on any atom is 0.151 e. The second-order valence-corrected chi connectivity index (χ2v) is 7.75. The molecular formula is C15H24N2O2S. The van der Waals surface area contributed by atoms with Crippen LogP contribution >= 0.6 is 0 Å². The molecule has 1 aliphatic heterocycles. The van der Waals surface area contributed by atoms with E-state index in [0.717, 1.165) is 6.42 Å². The fourth-order valence-corrected chi connectivity index (χ4v) is 4.83. The molecule has 2 atom stereocenters. The number of hydrogen-bond acceptors (Lipinski definition) is 4. The van der Waals surface area contributed by atoms with E-state index in [0.29, 0.717) is 18.7 Å². The van der Waals surface area contributed by atoms with E-state index in [1.54, 1.807) is 0 Å². The molecule has 112 valence electrons. The van der Waals surface area contributed by atoms with Crippen molar-refractivity contribution in [1.82, 2.24) is 4.90 Å². The van der Waals surface area contributed by atoms with Gasteiger partial charge in [0.1, 0.15) is 0 Å². The Balaban J connectivity index is 2.24. The van der Waals surface area contributed by atoms with Crippen molar-refractivity contribution in [2.45, 2.75) is 31.8 Å². The lowest BCUT2D eigenvalue weighted by Crippen LogP contribution is -2.39. The van der Waals surface area contributed by atoms with Crippen LogP contribution in [0.25, 0.3) is 0 Å². The van der Waals surface area contributed by atoms with E-state index in [9.17, 15) is 8.42 Å². The fourth-order valence-electron chi connectivity index (χ4n) is 3.04. The molecule has 0 aliphatic carbocycles. The van der Waals surface area contributed by atoms with Gasteiger partial charge in [-0.15, -0.1) is 0 Å². The molecule has 2 N–H and O–H groups in total. The van der Waals surface area contributed by atoms with Crippen LogP contribution in [-0.4, -0.2) is 44.5 Å². The lowest BCUT2D eigenvalue weighted by Gasteiger charge is -2.33. The van der Waals surface area contributed by atoms with Gasteiger partial charge in [0.05, 0.1) is 11.5 Å². The molecule has 0 amide bonds. The van der Waals surface area contributed by atoms with Crippen molar-refractivity contribution in [3.63, 3.8) is 0 Å². The van der Waals surface area contributed by atoms with Gasteiger partial charge in [-0.2, -0.15) is 0 Å². The Morgan fingerprint density at radius 1 is 1.40 bits per heavy atom. The second-order valence-electron chi connectivity index (χ2n) is 5.53. The maximum absolute atomic E-state index is 11.7. The van der Waals surface area contributed by atoms with E-state index in [-0.39, 0.29) is 17.8 Å². The van der Waals surface area contributed by atoms with Crippen LogP contribution in [0.15, 0.2) is 24.3 Å². The zero-order valence-corrected chi connectivity index (χ0v) is 13.1. The third-order valence-electron chi connectivity index (χ3n) is 4.29. The molecule has 1 aromatic rings. The van der Waals surface area contributed by atoms with Crippen LogP contribution in [0.1, 0.15) is 30.5 Å². The lowest BCUT2D eigenvalue weighted by atomic mass is 9.96. The zero-order valence-electron chi connectivity index (χ0n) is 12.2. The third-order valence-corrected chi connectivity index (χ3v) is 6.04. The van der Waals surface area contributed by atoms with Gasteiger partial charge in [0.25, 0.3) is 0 Å². The number of aryl methyl sites for hydroxylation is 1. The van der Waals surface area contributed by atoms with Gasteiger partial charge in [-0.05, 0) is 31.0 Å². The van der Waals surface area contributed by atoms with E-state index < -0.39 is 9.84 Å². The summed E-state index contributed by atoms with van der Waals surface area (Å²) in [6.07, 6.45) is 1.67. The number of rotatable bonds is 5. The Morgan fingerprint density at radius 2 is 2.10 bits per heavy atom. The molecule has 1 aliphatic rings. The van der Waals surface area contributed by atoms with Crippen LogP contribution in [0.3, 0.4) is 0 Å². The molecule has 1 fully saturated rings. The first kappa shape index (κ1) is 15.5. The average Bonchev–Trinajstić information content (AvgIpc) is 2.80. The summed E-state index contributed by atoms with van der Waals surface area (Å²) in [4.78, 5) is 2.15. The highest BCUT2D eigenvalue weighted by atomic mass is 32.2. The Hall–Kier alpha value is -0.910. The Morgan fingerprint density at radius 3 is 2.65 bits per heavy atom. The SMILES string of the molecule is CCc1ccccc1C(CN)N(C)C1CCS(=O)(=O)C1. The van der Waals surface area contributed by atoms with Crippen molar-refractivity contribution < 1.29 is 8.42 Å². The minimum atomic E-state index is -2.86. The van der Waals surface area contributed by atoms with Crippen molar-refractivity contribution in [3.8, 4) is 0 Å². The van der Waals surface area contributed by atoms with Gasteiger partial charge in [0.15, 0.2) is 9.84 Å². The first-order chi connectivity index (χ1) is 9.48. The molecule has 0 saturated carbocycles. The predicted molar refractivity (Wildman–Crippen MR) is 82.4 cm³/mol. The summed E-state index contributed by atoms with van der Waals surface area (Å²) in [5.41, 5.74) is 8.49. The van der Waals surface area contributed by atoms with E-state index in [1.165, 1.54) is 11.1 Å². The number of nitrogens with zero attached hydrogens (tertiary/aromatic N) is 1. The Labute approximate surface area is 121 Å². The average molecular weight is 296 g/mol. The molecule has 0 aromatic heterocycles. The number of benzene rings is 1. The van der Waals surface area contributed by atoms with Gasteiger partial charge in [0.2, 0.25) is 0 Å². The van der Waals surface area contributed by atoms with Crippen molar-refractivity contribution in [2.24, 2.45) is 5.73 Å². The summed E-state index contributed by atoms with van der Waals surface area (Å²) in [5.74, 6) is 0.559. The molecule has 0 bridgehead atoms. The molecule has 1 heterocycles. The molecular weight excluding hydrogens is 272 g/mol. The minimum absolute atomic E-state index is 0.0819. The Kier molecular flexibility index (Phi) is 4.83. The zero-order chi connectivity index (χ0) is 14.8. The van der Waals surface area contributed by atoms with Crippen LogP contribution in [0.2, 0.25) is 0 Å². The van der Waals surface area contributed by atoms with Gasteiger partial charge in [-0.1, -0.05) is 31.2 Å². The molecule has 4 nitrogen and oxygen atoms in total. The number of sulfone groups is 1. The van der Waals surface area contributed by atoms with Crippen molar-refractivity contribution >= 4 is 9.84 Å². The van der Waals surface area contributed by atoms with Crippen LogP contribution in [-0.2, 0) is 16.3 Å². The van der Waals surface area contributed by atoms with Gasteiger partial charge >= 0.3 is 0 Å². The van der Waals surface area contributed by atoms with Crippen molar-refractivity contribution in [2.75, 3.05) is 25.1 Å². The fraction of sp³-hybridized carbons (Fsp3) is 0.600. The van der Waals surface area contributed by atoms with Crippen LogP contribution < -0.4 is 5.73 Å². The number of likely N-dealkylation sites (N-methyl/N-ethyl adjacent to an activating group) is 1. The molecule has 1 aromatic carbocycles. The predicted octanol–water partition coefficient (Wildman–Crippen LogP) is 1.37. The Bertz CT molecular complexity index is 557. The van der Waals surface area contributed by atoms with Crippen molar-refractivity contribution in [3.05, 3.63) is 35.4 Å². The number of hydrogen-bond donors (Lipinski definition) is 1. The van der Waals surface area contributed by atoms with Gasteiger partial charge in [-0.25, -0.2) is 8.42 Å². The van der Waals surface area contributed by atoms with Gasteiger partial charge in [0, 0.05) is 18.6 Å². The van der Waals surface area contributed by atoms with Crippen LogP contribution in [0.4, 0.5) is 0 Å². The molecule has 5 heteroatoms. The largest absolute Gasteiger partial charge is 0.329 e. The summed E-state index contributed by atoms with van der Waals surface area (Å²) < 4.78 is 23.3. The van der Waals surface area contributed by atoms with Crippen molar-refractivity contribution in [1.29, 1.82) is 0 Å². The van der Waals surface area contributed by atoms with Crippen LogP contribution in [0.5, 0.6) is 0 Å². The molecule has 0 radical (unpaired) electrons. The first-order valence-corrected chi connectivity index (χ1v) is 9.01. The standard InChI is InChI=1S/C15H24N2O2S/c1-3-12-6-4-5-7-14(12)15(10-16)17(2)13-8-9-20(18,19)11-13/h4-7,13,15H,3,8-11,16H2,1-2H3. The lowest BCUT2D eigenvalue weighted by molar-refractivity contribution is 0.191.